The molecular weight excluding hydrogens is 384 g/mol. The van der Waals surface area contributed by atoms with Crippen molar-refractivity contribution in [2.75, 3.05) is 14.2 Å². The van der Waals surface area contributed by atoms with Crippen LogP contribution < -0.4 is 9.47 Å². The number of hydrogen-bond donors (Lipinski definition) is 0. The summed E-state index contributed by atoms with van der Waals surface area (Å²) in [4.78, 5) is 12.3. The molecule has 3 aliphatic heterocycles. The summed E-state index contributed by atoms with van der Waals surface area (Å²) < 4.78 is 28.6. The molecule has 4 atom stereocenters. The van der Waals surface area contributed by atoms with Gasteiger partial charge in [0.25, 0.3) is 0 Å². The van der Waals surface area contributed by atoms with Crippen LogP contribution in [-0.4, -0.2) is 38.2 Å². The minimum Gasteiger partial charge on any atom is -0.497 e. The molecule has 0 unspecified atom stereocenters. The minimum absolute atomic E-state index is 0.212. The summed E-state index contributed by atoms with van der Waals surface area (Å²) in [7, 11) is 3.17. The highest BCUT2D eigenvalue weighted by Crippen LogP contribution is 2.43. The van der Waals surface area contributed by atoms with Gasteiger partial charge in [-0.3, -0.25) is 0 Å². The first-order chi connectivity index (χ1) is 14.5. The van der Waals surface area contributed by atoms with Gasteiger partial charge in [-0.05, 0) is 45.1 Å². The predicted octanol–water partition coefficient (Wildman–Crippen LogP) is 5.33. The average Bonchev–Trinajstić information content (AvgIpc) is 3.41. The number of benzene rings is 1. The van der Waals surface area contributed by atoms with Crippen LogP contribution in [0.3, 0.4) is 0 Å². The van der Waals surface area contributed by atoms with E-state index in [-0.39, 0.29) is 17.9 Å². The lowest BCUT2D eigenvalue weighted by Gasteiger charge is -2.24. The van der Waals surface area contributed by atoms with Crippen LogP contribution in [0.1, 0.15) is 93.2 Å². The molecule has 1 aromatic carbocycles. The first-order valence-corrected chi connectivity index (χ1v) is 11.4. The maximum absolute atomic E-state index is 12.3. The fourth-order valence-electron chi connectivity index (χ4n) is 5.07. The molecule has 1 spiro atoms. The van der Waals surface area contributed by atoms with E-state index in [2.05, 4.69) is 6.92 Å². The average molecular weight is 419 g/mol. The molecule has 0 aliphatic carbocycles. The van der Waals surface area contributed by atoms with Gasteiger partial charge in [0.2, 0.25) is 0 Å². The third-order valence-electron chi connectivity index (χ3n) is 6.68. The molecule has 6 heteroatoms. The zero-order chi connectivity index (χ0) is 21.1. The number of fused-ring (bicyclic) bond motifs is 1. The van der Waals surface area contributed by atoms with Crippen molar-refractivity contribution in [3.05, 3.63) is 23.3 Å². The van der Waals surface area contributed by atoms with E-state index in [4.69, 9.17) is 23.7 Å². The third kappa shape index (κ3) is 4.45. The Bertz CT molecular complexity index is 762. The van der Waals surface area contributed by atoms with Gasteiger partial charge in [-0.1, -0.05) is 19.3 Å². The van der Waals surface area contributed by atoms with Gasteiger partial charge >= 0.3 is 5.97 Å². The Kier molecular flexibility index (Phi) is 6.54. The zero-order valence-electron chi connectivity index (χ0n) is 18.4. The van der Waals surface area contributed by atoms with E-state index in [1.54, 1.807) is 20.3 Å². The van der Waals surface area contributed by atoms with Gasteiger partial charge in [0.15, 0.2) is 5.79 Å². The second kappa shape index (κ2) is 9.15. The van der Waals surface area contributed by atoms with Crippen LogP contribution in [0.5, 0.6) is 11.5 Å². The molecule has 3 aliphatic rings. The number of cyclic esters (lactones) is 1. The molecular formula is C24H34O6. The van der Waals surface area contributed by atoms with Crippen LogP contribution in [0.25, 0.3) is 0 Å². The second-order valence-electron chi connectivity index (χ2n) is 8.84. The van der Waals surface area contributed by atoms with E-state index in [0.717, 1.165) is 56.9 Å². The first kappa shape index (κ1) is 21.4. The van der Waals surface area contributed by atoms with Crippen molar-refractivity contribution in [1.29, 1.82) is 0 Å². The number of hydrogen-bond acceptors (Lipinski definition) is 6. The van der Waals surface area contributed by atoms with Gasteiger partial charge in [0, 0.05) is 24.5 Å². The second-order valence-corrected chi connectivity index (χ2v) is 8.84. The van der Waals surface area contributed by atoms with Crippen LogP contribution in [0.2, 0.25) is 0 Å². The Morgan fingerprint density at radius 1 is 1.00 bits per heavy atom. The first-order valence-electron chi connectivity index (χ1n) is 11.4. The van der Waals surface area contributed by atoms with Gasteiger partial charge in [0.05, 0.1) is 26.4 Å². The van der Waals surface area contributed by atoms with Crippen molar-refractivity contribution in [1.82, 2.24) is 0 Å². The number of carbonyl (C=O) groups excluding carboxylic acids is 1. The molecule has 30 heavy (non-hydrogen) atoms. The SMILES string of the molecule is COc1cc(OC)c2c(c1)[C@@H](CCCCCC[C@@H]1CC[C@]3(CC[C@@H](C)O3)O1)OC2=O. The number of carbonyl (C=O) groups is 1. The summed E-state index contributed by atoms with van der Waals surface area (Å²) in [6.45, 7) is 2.14. The van der Waals surface area contributed by atoms with Crippen LogP contribution in [-0.2, 0) is 14.2 Å². The number of ether oxygens (including phenoxy) is 5. The summed E-state index contributed by atoms with van der Waals surface area (Å²) in [5.41, 5.74) is 1.42. The molecule has 0 amide bonds. The number of rotatable bonds is 9. The zero-order valence-corrected chi connectivity index (χ0v) is 18.4. The van der Waals surface area contributed by atoms with E-state index in [1.807, 2.05) is 6.07 Å². The van der Waals surface area contributed by atoms with Crippen molar-refractivity contribution >= 4 is 5.97 Å². The smallest absolute Gasteiger partial charge is 0.342 e. The molecule has 4 rings (SSSR count). The van der Waals surface area contributed by atoms with E-state index < -0.39 is 0 Å². The normalized spacial score (nSPS) is 30.0. The molecule has 0 radical (unpaired) electrons. The van der Waals surface area contributed by atoms with E-state index in [9.17, 15) is 4.79 Å². The van der Waals surface area contributed by atoms with E-state index in [1.165, 1.54) is 12.8 Å². The van der Waals surface area contributed by atoms with E-state index in [0.29, 0.717) is 29.3 Å². The summed E-state index contributed by atoms with van der Waals surface area (Å²) in [6.07, 6.45) is 11.2. The topological polar surface area (TPSA) is 63.2 Å². The molecule has 0 aromatic heterocycles. The molecule has 1 aromatic rings. The lowest BCUT2D eigenvalue weighted by Crippen LogP contribution is -2.28. The fourth-order valence-corrected chi connectivity index (χ4v) is 5.07. The summed E-state index contributed by atoms with van der Waals surface area (Å²) in [5, 5.41) is 0. The van der Waals surface area contributed by atoms with Gasteiger partial charge < -0.3 is 23.7 Å². The largest absolute Gasteiger partial charge is 0.497 e. The highest BCUT2D eigenvalue weighted by atomic mass is 16.7. The lowest BCUT2D eigenvalue weighted by atomic mass is 9.98. The highest BCUT2D eigenvalue weighted by Gasteiger charge is 2.45. The Morgan fingerprint density at radius 2 is 1.77 bits per heavy atom. The monoisotopic (exact) mass is 418 g/mol. The molecule has 0 bridgehead atoms. The minimum atomic E-state index is -0.301. The Morgan fingerprint density at radius 3 is 2.47 bits per heavy atom. The molecule has 2 fully saturated rings. The molecule has 0 N–H and O–H groups in total. The van der Waals surface area contributed by atoms with Crippen molar-refractivity contribution in [2.45, 2.75) is 95.2 Å². The standard InChI is InChI=1S/C24H34O6/c1-16-10-12-24(29-16)13-11-17(30-24)8-6-4-5-7-9-20-19-14-18(26-2)15-21(27-3)22(19)23(25)28-20/h14-17,20H,4-13H2,1-3H3/t16-,17-,20-,24+/m1/s1. The van der Waals surface area contributed by atoms with Crippen molar-refractivity contribution in [2.24, 2.45) is 0 Å². The van der Waals surface area contributed by atoms with E-state index >= 15 is 0 Å². The van der Waals surface area contributed by atoms with Gasteiger partial charge in [0.1, 0.15) is 23.2 Å². The van der Waals surface area contributed by atoms with Crippen molar-refractivity contribution in [3.8, 4) is 11.5 Å². The number of methoxy groups -OCH3 is 2. The van der Waals surface area contributed by atoms with Crippen LogP contribution >= 0.6 is 0 Å². The number of esters is 1. The maximum Gasteiger partial charge on any atom is 0.342 e. The lowest BCUT2D eigenvalue weighted by molar-refractivity contribution is -0.214. The number of unbranched alkanes of at least 4 members (excludes halogenated alkanes) is 3. The van der Waals surface area contributed by atoms with Crippen molar-refractivity contribution < 1.29 is 28.5 Å². The molecule has 2 saturated heterocycles. The molecule has 3 heterocycles. The summed E-state index contributed by atoms with van der Waals surface area (Å²) in [5.74, 6) is 0.632. The fraction of sp³-hybridized carbons (Fsp3) is 0.708. The molecule has 6 nitrogen and oxygen atoms in total. The van der Waals surface area contributed by atoms with Crippen molar-refractivity contribution in [3.63, 3.8) is 0 Å². The summed E-state index contributed by atoms with van der Waals surface area (Å²) in [6, 6.07) is 3.63. The van der Waals surface area contributed by atoms with Gasteiger partial charge in [-0.2, -0.15) is 0 Å². The van der Waals surface area contributed by atoms with Crippen LogP contribution in [0.15, 0.2) is 12.1 Å². The van der Waals surface area contributed by atoms with Gasteiger partial charge in [-0.25, -0.2) is 4.79 Å². The highest BCUT2D eigenvalue weighted by molar-refractivity contribution is 5.97. The summed E-state index contributed by atoms with van der Waals surface area (Å²) >= 11 is 0. The van der Waals surface area contributed by atoms with Gasteiger partial charge in [-0.15, -0.1) is 0 Å². The Labute approximate surface area is 179 Å². The molecule has 0 saturated carbocycles. The van der Waals surface area contributed by atoms with Crippen LogP contribution in [0, 0.1) is 0 Å². The molecule has 166 valence electrons. The Balaban J connectivity index is 1.19. The maximum atomic E-state index is 12.3. The quantitative estimate of drug-likeness (QED) is 0.399. The Hall–Kier alpha value is -1.79. The van der Waals surface area contributed by atoms with Crippen LogP contribution in [0.4, 0.5) is 0 Å². The third-order valence-corrected chi connectivity index (χ3v) is 6.68. The predicted molar refractivity (Wildman–Crippen MR) is 112 cm³/mol.